The smallest absolute Gasteiger partial charge is 0.0540 e. The number of hydrogen-bond acceptors (Lipinski definition) is 1. The molecule has 0 spiro atoms. The first-order valence-electron chi connectivity index (χ1n) is 22.4. The summed E-state index contributed by atoms with van der Waals surface area (Å²) >= 11 is 0. The van der Waals surface area contributed by atoms with Crippen molar-refractivity contribution in [2.75, 3.05) is 4.90 Å². The largest absolute Gasteiger partial charge is 0.310 e. The van der Waals surface area contributed by atoms with Gasteiger partial charge in [0, 0.05) is 16.8 Å². The molecule has 4 bridgehead atoms. The minimum Gasteiger partial charge on any atom is -0.310 e. The summed E-state index contributed by atoms with van der Waals surface area (Å²) in [5.74, 6) is 2.90. The molecule has 4 aliphatic carbocycles. The van der Waals surface area contributed by atoms with Crippen LogP contribution in [-0.2, 0) is 5.41 Å². The molecule has 4 fully saturated rings. The second-order valence-corrected chi connectivity index (χ2v) is 18.4. The number of anilines is 3. The van der Waals surface area contributed by atoms with Crippen molar-refractivity contribution in [3.05, 3.63) is 212 Å². The van der Waals surface area contributed by atoms with E-state index in [0.717, 1.165) is 34.8 Å². The molecular formula is C60H49N. The second kappa shape index (κ2) is 14.8. The topological polar surface area (TPSA) is 3.24 Å². The molecule has 9 aromatic carbocycles. The zero-order valence-electron chi connectivity index (χ0n) is 34.6. The maximum absolute atomic E-state index is 2.47. The molecule has 0 aliphatic heterocycles. The Morgan fingerprint density at radius 3 is 1.33 bits per heavy atom. The van der Waals surface area contributed by atoms with Gasteiger partial charge in [0.2, 0.25) is 0 Å². The van der Waals surface area contributed by atoms with E-state index in [4.69, 9.17) is 0 Å². The fourth-order valence-electron chi connectivity index (χ4n) is 12.2. The minimum absolute atomic E-state index is 0.443. The summed E-state index contributed by atoms with van der Waals surface area (Å²) in [5, 5.41) is 4.97. The lowest BCUT2D eigenvalue weighted by molar-refractivity contribution is -0.00518. The number of hydrogen-bond donors (Lipinski definition) is 0. The Morgan fingerprint density at radius 2 is 0.754 bits per heavy atom. The van der Waals surface area contributed by atoms with E-state index >= 15 is 0 Å². The Bertz CT molecular complexity index is 2970. The van der Waals surface area contributed by atoms with Gasteiger partial charge in [0.25, 0.3) is 0 Å². The normalized spacial score (nSPS) is 20.3. The number of fused-ring (bicyclic) bond motifs is 2. The lowest BCUT2D eigenvalue weighted by Crippen LogP contribution is -2.48. The lowest BCUT2D eigenvalue weighted by Gasteiger charge is -2.57. The first-order chi connectivity index (χ1) is 30.1. The van der Waals surface area contributed by atoms with E-state index in [0.29, 0.717) is 5.41 Å². The number of benzene rings is 9. The average Bonchev–Trinajstić information content (AvgIpc) is 3.32. The van der Waals surface area contributed by atoms with Crippen molar-refractivity contribution < 1.29 is 0 Å². The van der Waals surface area contributed by atoms with Gasteiger partial charge in [-0.1, -0.05) is 176 Å². The molecule has 61 heavy (non-hydrogen) atoms. The maximum Gasteiger partial charge on any atom is 0.0540 e. The molecule has 0 N–H and O–H groups in total. The standard InChI is InChI=1S/C60H49N/c1-2-9-44(10-3-1)48-23-29-52(30-24-48)61(59-34-33-57(56-14-6-7-15-58(56)59)55-16-8-12-50-11-4-5-13-54(50)55)53-31-25-49(26-32-53)46-19-17-45(18-20-46)47-21-27-51(28-22-47)60-38-41-35-42(39-60)37-43(36-41)40-60/h1-34,41-43H,35-40H2. The Kier molecular flexibility index (Phi) is 8.77. The summed E-state index contributed by atoms with van der Waals surface area (Å²) in [4.78, 5) is 2.42. The van der Waals surface area contributed by atoms with Gasteiger partial charge in [-0.15, -0.1) is 0 Å². The van der Waals surface area contributed by atoms with Gasteiger partial charge in [0.1, 0.15) is 0 Å². The van der Waals surface area contributed by atoms with Crippen LogP contribution in [0.15, 0.2) is 206 Å². The third-order valence-corrected chi connectivity index (χ3v) is 14.7. The highest BCUT2D eigenvalue weighted by Gasteiger charge is 2.51. The van der Waals surface area contributed by atoms with Crippen LogP contribution in [0.25, 0.3) is 66.1 Å². The fraction of sp³-hybridized carbons (Fsp3) is 0.167. The van der Waals surface area contributed by atoms with Gasteiger partial charge in [0.05, 0.1) is 5.69 Å². The van der Waals surface area contributed by atoms with Crippen LogP contribution in [0.3, 0.4) is 0 Å². The van der Waals surface area contributed by atoms with Gasteiger partial charge >= 0.3 is 0 Å². The molecule has 0 radical (unpaired) electrons. The van der Waals surface area contributed by atoms with Gasteiger partial charge in [-0.3, -0.25) is 0 Å². The summed E-state index contributed by atoms with van der Waals surface area (Å²) in [6.07, 6.45) is 8.72. The first kappa shape index (κ1) is 36.2. The van der Waals surface area contributed by atoms with Crippen molar-refractivity contribution in [1.82, 2.24) is 0 Å². The summed E-state index contributed by atoms with van der Waals surface area (Å²) < 4.78 is 0. The number of nitrogens with zero attached hydrogens (tertiary/aromatic N) is 1. The lowest BCUT2D eigenvalue weighted by atomic mass is 9.48. The predicted octanol–water partition coefficient (Wildman–Crippen LogP) is 16.6. The Hall–Kier alpha value is -6.70. The molecule has 0 amide bonds. The van der Waals surface area contributed by atoms with E-state index in [2.05, 4.69) is 211 Å². The predicted molar refractivity (Wildman–Crippen MR) is 258 cm³/mol. The third-order valence-electron chi connectivity index (χ3n) is 14.7. The van der Waals surface area contributed by atoms with Crippen molar-refractivity contribution in [2.45, 2.75) is 43.9 Å². The van der Waals surface area contributed by atoms with Crippen molar-refractivity contribution in [1.29, 1.82) is 0 Å². The van der Waals surface area contributed by atoms with E-state index < -0.39 is 0 Å². The van der Waals surface area contributed by atoms with E-state index in [9.17, 15) is 0 Å². The van der Waals surface area contributed by atoms with Crippen LogP contribution in [0.1, 0.15) is 44.1 Å². The molecule has 294 valence electrons. The van der Waals surface area contributed by atoms with Gasteiger partial charge in [-0.25, -0.2) is 0 Å². The van der Waals surface area contributed by atoms with Gasteiger partial charge in [-0.2, -0.15) is 0 Å². The van der Waals surface area contributed by atoms with Crippen molar-refractivity contribution >= 4 is 38.6 Å². The van der Waals surface area contributed by atoms with Crippen LogP contribution < -0.4 is 4.90 Å². The highest BCUT2D eigenvalue weighted by atomic mass is 15.1. The van der Waals surface area contributed by atoms with Crippen LogP contribution in [0.5, 0.6) is 0 Å². The molecule has 13 rings (SSSR count). The molecule has 4 saturated carbocycles. The maximum atomic E-state index is 2.47. The minimum atomic E-state index is 0.443. The van der Waals surface area contributed by atoms with E-state index in [1.807, 2.05) is 0 Å². The highest BCUT2D eigenvalue weighted by molar-refractivity contribution is 6.10. The molecule has 0 unspecified atom stereocenters. The zero-order chi connectivity index (χ0) is 40.3. The van der Waals surface area contributed by atoms with Crippen molar-refractivity contribution in [3.63, 3.8) is 0 Å². The summed E-state index contributed by atoms with van der Waals surface area (Å²) in [6, 6.07) is 76.5. The molecule has 4 aliphatic rings. The zero-order valence-corrected chi connectivity index (χ0v) is 34.6. The fourth-order valence-corrected chi connectivity index (χ4v) is 12.2. The Morgan fingerprint density at radius 1 is 0.328 bits per heavy atom. The monoisotopic (exact) mass is 783 g/mol. The highest BCUT2D eigenvalue weighted by Crippen LogP contribution is 2.60. The van der Waals surface area contributed by atoms with E-state index in [1.165, 1.54) is 105 Å². The van der Waals surface area contributed by atoms with Gasteiger partial charge in [0.15, 0.2) is 0 Å². The molecule has 1 heteroatoms. The Labute approximate surface area is 360 Å². The molecule has 0 heterocycles. The Balaban J connectivity index is 0.878. The van der Waals surface area contributed by atoms with Gasteiger partial charge < -0.3 is 4.90 Å². The van der Waals surface area contributed by atoms with Crippen LogP contribution in [0.2, 0.25) is 0 Å². The van der Waals surface area contributed by atoms with Crippen LogP contribution in [-0.4, -0.2) is 0 Å². The van der Waals surface area contributed by atoms with E-state index in [-0.39, 0.29) is 0 Å². The van der Waals surface area contributed by atoms with Crippen molar-refractivity contribution in [2.24, 2.45) is 17.8 Å². The molecule has 0 atom stereocenters. The van der Waals surface area contributed by atoms with Crippen LogP contribution in [0, 0.1) is 17.8 Å². The SMILES string of the molecule is c1ccc(-c2ccc(N(c3ccc(-c4ccc(-c5ccc(C67CC8CC(CC(C8)C6)C7)cc5)cc4)cc3)c3ccc(-c4cccc5ccccc45)c4ccccc34)cc2)cc1. The number of rotatable bonds is 8. The quantitative estimate of drug-likeness (QED) is 0.148. The van der Waals surface area contributed by atoms with Crippen LogP contribution >= 0.6 is 0 Å². The van der Waals surface area contributed by atoms with E-state index in [1.54, 1.807) is 5.56 Å². The summed E-state index contributed by atoms with van der Waals surface area (Å²) in [6.45, 7) is 0. The molecule has 0 saturated heterocycles. The molecule has 0 aromatic heterocycles. The average molecular weight is 784 g/mol. The molecule has 9 aromatic rings. The van der Waals surface area contributed by atoms with Gasteiger partial charge in [-0.05, 0) is 158 Å². The molecule has 1 nitrogen and oxygen atoms in total. The molecular weight excluding hydrogens is 735 g/mol. The summed E-state index contributed by atoms with van der Waals surface area (Å²) in [5.41, 5.74) is 15.4. The summed E-state index contributed by atoms with van der Waals surface area (Å²) in [7, 11) is 0. The third kappa shape index (κ3) is 6.46. The van der Waals surface area contributed by atoms with Crippen molar-refractivity contribution in [3.8, 4) is 44.5 Å². The second-order valence-electron chi connectivity index (χ2n) is 18.4. The first-order valence-corrected chi connectivity index (χ1v) is 22.4. The van der Waals surface area contributed by atoms with Crippen LogP contribution in [0.4, 0.5) is 17.1 Å².